The van der Waals surface area contributed by atoms with Crippen molar-refractivity contribution in [2.75, 3.05) is 41.0 Å². The number of unbranched alkanes of at least 4 members (excludes halogenated alkanes) is 16. The number of rotatable bonds is 37. The fourth-order valence-electron chi connectivity index (χ4n) is 5.94. The molecule has 8 nitrogen and oxygen atoms in total. The van der Waals surface area contributed by atoms with Crippen LogP contribution in [0.1, 0.15) is 168 Å². The maximum atomic E-state index is 12.7. The quantitative estimate of drug-likeness (QED) is 0.0222. The summed E-state index contributed by atoms with van der Waals surface area (Å²) in [4.78, 5) is 36.8. The molecule has 0 aliphatic heterocycles. The zero-order valence-electron chi connectivity index (χ0n) is 34.7. The summed E-state index contributed by atoms with van der Waals surface area (Å²) in [6.45, 7) is 4.54. The summed E-state index contributed by atoms with van der Waals surface area (Å²) in [6.07, 6.45) is 41.7. The SMILES string of the molecule is CC/C=C/C/C=C/CCCCC(=O)OCC(COCCC(C(=O)O)[N+](C)(C)C)OC(=O)CCCCCCCCCCCC/C=C/C=C/CCCCCC. The van der Waals surface area contributed by atoms with Crippen molar-refractivity contribution in [1.29, 1.82) is 0 Å². The number of carboxylic acids is 1. The minimum atomic E-state index is -0.882. The maximum absolute atomic E-state index is 12.7. The van der Waals surface area contributed by atoms with Gasteiger partial charge in [-0.15, -0.1) is 0 Å². The van der Waals surface area contributed by atoms with Gasteiger partial charge in [0, 0.05) is 19.3 Å². The number of carbonyl (C=O) groups excluding carboxylic acids is 2. The van der Waals surface area contributed by atoms with Gasteiger partial charge in [-0.25, -0.2) is 4.79 Å². The van der Waals surface area contributed by atoms with Gasteiger partial charge in [0.05, 0.1) is 34.4 Å². The zero-order chi connectivity index (χ0) is 39.3. The van der Waals surface area contributed by atoms with E-state index in [9.17, 15) is 19.5 Å². The van der Waals surface area contributed by atoms with Gasteiger partial charge in [0.15, 0.2) is 12.1 Å². The first kappa shape index (κ1) is 50.3. The van der Waals surface area contributed by atoms with Crippen LogP contribution in [0.2, 0.25) is 0 Å². The second-order valence-electron chi connectivity index (χ2n) is 15.2. The number of likely N-dealkylation sites (N-methyl/N-ethyl adjacent to an activating group) is 1. The molecule has 0 bridgehead atoms. The summed E-state index contributed by atoms with van der Waals surface area (Å²) >= 11 is 0. The highest BCUT2D eigenvalue weighted by Crippen LogP contribution is 2.14. The van der Waals surface area contributed by atoms with Crippen LogP contribution in [0, 0.1) is 0 Å². The number of allylic oxidation sites excluding steroid dienone is 8. The summed E-state index contributed by atoms with van der Waals surface area (Å²) in [6, 6.07) is -0.619. The van der Waals surface area contributed by atoms with Crippen LogP contribution in [0.25, 0.3) is 0 Å². The van der Waals surface area contributed by atoms with Gasteiger partial charge in [0.2, 0.25) is 0 Å². The van der Waals surface area contributed by atoms with E-state index in [1.165, 1.54) is 83.5 Å². The first-order chi connectivity index (χ1) is 25.6. The predicted molar refractivity (Wildman–Crippen MR) is 220 cm³/mol. The molecule has 0 spiro atoms. The minimum Gasteiger partial charge on any atom is -0.477 e. The molecule has 0 heterocycles. The Kier molecular flexibility index (Phi) is 34.4. The van der Waals surface area contributed by atoms with E-state index < -0.39 is 18.1 Å². The molecule has 0 aromatic rings. The molecule has 0 rings (SSSR count). The fraction of sp³-hybridized carbons (Fsp3) is 0.756. The van der Waals surface area contributed by atoms with Crippen molar-refractivity contribution >= 4 is 17.9 Å². The van der Waals surface area contributed by atoms with Crippen LogP contribution in [0.3, 0.4) is 0 Å². The highest BCUT2D eigenvalue weighted by molar-refractivity contribution is 5.72. The lowest BCUT2D eigenvalue weighted by molar-refractivity contribution is -0.887. The van der Waals surface area contributed by atoms with Crippen molar-refractivity contribution < 1.29 is 38.2 Å². The Labute approximate surface area is 325 Å². The zero-order valence-corrected chi connectivity index (χ0v) is 34.7. The topological polar surface area (TPSA) is 99.1 Å². The van der Waals surface area contributed by atoms with Crippen molar-refractivity contribution in [3.05, 3.63) is 48.6 Å². The van der Waals surface area contributed by atoms with Crippen LogP contribution in [0.4, 0.5) is 0 Å². The van der Waals surface area contributed by atoms with Gasteiger partial charge in [-0.1, -0.05) is 133 Å². The Morgan fingerprint density at radius 3 is 1.70 bits per heavy atom. The van der Waals surface area contributed by atoms with Crippen LogP contribution >= 0.6 is 0 Å². The Morgan fingerprint density at radius 2 is 1.11 bits per heavy atom. The van der Waals surface area contributed by atoms with E-state index in [1.807, 2.05) is 21.1 Å². The lowest BCUT2D eigenvalue weighted by Crippen LogP contribution is -2.50. The molecule has 1 N–H and O–H groups in total. The third-order valence-corrected chi connectivity index (χ3v) is 9.24. The molecule has 0 radical (unpaired) electrons. The van der Waals surface area contributed by atoms with Crippen LogP contribution in [0.15, 0.2) is 48.6 Å². The molecular formula is C45H80NO7+. The molecule has 0 aliphatic carbocycles. The Bertz CT molecular complexity index is 1010. The molecule has 0 aromatic carbocycles. The largest absolute Gasteiger partial charge is 0.477 e. The third-order valence-electron chi connectivity index (χ3n) is 9.24. The van der Waals surface area contributed by atoms with E-state index in [0.717, 1.165) is 51.4 Å². The van der Waals surface area contributed by atoms with E-state index >= 15 is 0 Å². The van der Waals surface area contributed by atoms with Gasteiger partial charge < -0.3 is 23.8 Å². The van der Waals surface area contributed by atoms with Crippen molar-refractivity contribution in [3.8, 4) is 0 Å². The Morgan fingerprint density at radius 1 is 0.604 bits per heavy atom. The summed E-state index contributed by atoms with van der Waals surface area (Å²) in [5.74, 6) is -1.52. The normalized spacial score (nSPS) is 13.5. The van der Waals surface area contributed by atoms with Crippen LogP contribution < -0.4 is 0 Å². The molecule has 2 atom stereocenters. The molecule has 0 amide bonds. The third kappa shape index (κ3) is 34.8. The number of carboxylic acid groups (broad SMARTS) is 1. The molecule has 306 valence electrons. The fourth-order valence-corrected chi connectivity index (χ4v) is 5.94. The van der Waals surface area contributed by atoms with E-state index in [4.69, 9.17) is 14.2 Å². The van der Waals surface area contributed by atoms with Gasteiger partial charge in [-0.3, -0.25) is 9.59 Å². The van der Waals surface area contributed by atoms with Crippen LogP contribution in [-0.2, 0) is 28.6 Å². The standard InChI is InChI=1S/C45H79NO7/c1-6-8-10-12-14-16-17-18-19-20-21-22-23-24-25-26-28-30-32-34-36-44(48)53-41(39-51-38-37-42(45(49)50)46(3,4)5)40-52-43(47)35-33-31-29-27-15-13-11-9-7-2/h9,11,15-19,27,41-42H,6-8,10,12-14,20-26,28-40H2,1-5H3/p+1/b11-9+,17-16+,19-18+,27-15+. The molecule has 2 unspecified atom stereocenters. The Hall–Kier alpha value is -2.71. The van der Waals surface area contributed by atoms with E-state index in [2.05, 4.69) is 62.5 Å². The molecule has 0 saturated heterocycles. The molecule has 8 heteroatoms. The smallest absolute Gasteiger partial charge is 0.362 e. The second-order valence-corrected chi connectivity index (χ2v) is 15.2. The highest BCUT2D eigenvalue weighted by Gasteiger charge is 2.31. The molecule has 0 aliphatic rings. The van der Waals surface area contributed by atoms with E-state index in [0.29, 0.717) is 19.3 Å². The average molecular weight is 747 g/mol. The summed E-state index contributed by atoms with van der Waals surface area (Å²) in [5.41, 5.74) is 0. The first-order valence-corrected chi connectivity index (χ1v) is 21.2. The van der Waals surface area contributed by atoms with Crippen molar-refractivity contribution in [2.45, 2.75) is 180 Å². The molecule has 0 fully saturated rings. The summed E-state index contributed by atoms with van der Waals surface area (Å²) in [5, 5.41) is 9.59. The molecule has 0 saturated carbocycles. The number of quaternary nitrogens is 1. The molecule has 53 heavy (non-hydrogen) atoms. The number of esters is 2. The number of hydrogen-bond acceptors (Lipinski definition) is 6. The summed E-state index contributed by atoms with van der Waals surface area (Å²) < 4.78 is 17.2. The van der Waals surface area contributed by atoms with Crippen molar-refractivity contribution in [2.24, 2.45) is 0 Å². The number of hydrogen-bond donors (Lipinski definition) is 1. The number of nitrogens with zero attached hydrogens (tertiary/aromatic N) is 1. The molecular weight excluding hydrogens is 666 g/mol. The average Bonchev–Trinajstić information content (AvgIpc) is 3.11. The van der Waals surface area contributed by atoms with Crippen LogP contribution in [-0.4, -0.2) is 80.6 Å². The van der Waals surface area contributed by atoms with E-state index in [1.54, 1.807) is 0 Å². The lowest BCUT2D eigenvalue weighted by Gasteiger charge is -2.31. The first-order valence-electron chi connectivity index (χ1n) is 21.2. The second kappa shape index (κ2) is 36.3. The highest BCUT2D eigenvalue weighted by atomic mass is 16.6. The minimum absolute atomic E-state index is 0.0487. The van der Waals surface area contributed by atoms with Gasteiger partial charge >= 0.3 is 17.9 Å². The molecule has 0 aromatic heterocycles. The Balaban J connectivity index is 4.30. The maximum Gasteiger partial charge on any atom is 0.362 e. The van der Waals surface area contributed by atoms with E-state index in [-0.39, 0.29) is 36.2 Å². The monoisotopic (exact) mass is 747 g/mol. The van der Waals surface area contributed by atoms with Crippen molar-refractivity contribution in [1.82, 2.24) is 0 Å². The lowest BCUT2D eigenvalue weighted by atomic mass is 10.1. The van der Waals surface area contributed by atoms with Crippen LogP contribution in [0.5, 0.6) is 0 Å². The van der Waals surface area contributed by atoms with Gasteiger partial charge in [0.25, 0.3) is 0 Å². The van der Waals surface area contributed by atoms with Crippen molar-refractivity contribution in [3.63, 3.8) is 0 Å². The van der Waals surface area contributed by atoms with Gasteiger partial charge in [-0.05, 0) is 64.2 Å². The number of carbonyl (C=O) groups is 3. The van der Waals surface area contributed by atoms with Gasteiger partial charge in [0.1, 0.15) is 6.61 Å². The number of aliphatic carboxylic acids is 1. The van der Waals surface area contributed by atoms with Gasteiger partial charge in [-0.2, -0.15) is 0 Å². The number of ether oxygens (including phenoxy) is 3. The summed E-state index contributed by atoms with van der Waals surface area (Å²) in [7, 11) is 5.51. The predicted octanol–water partition coefficient (Wildman–Crippen LogP) is 11.2.